The summed E-state index contributed by atoms with van der Waals surface area (Å²) in [7, 11) is -4.01. The number of rotatable bonds is 7. The molecule has 0 aliphatic carbocycles. The molecule has 0 atom stereocenters. The van der Waals surface area contributed by atoms with Crippen molar-refractivity contribution in [2.75, 3.05) is 17.6 Å². The summed E-state index contributed by atoms with van der Waals surface area (Å²) in [6, 6.07) is 0.0227. The van der Waals surface area contributed by atoms with Gasteiger partial charge in [0.15, 0.2) is 22.5 Å². The Morgan fingerprint density at radius 1 is 1.36 bits per heavy atom. The number of carbonyl (C=O) groups is 1. The molecule has 0 saturated heterocycles. The first kappa shape index (κ1) is 20.9. The molecule has 25 heavy (non-hydrogen) atoms. The molecule has 1 rings (SSSR count). The number of hydrogen-bond acceptors (Lipinski definition) is 7. The van der Waals surface area contributed by atoms with E-state index in [0.717, 1.165) is 0 Å². The summed E-state index contributed by atoms with van der Waals surface area (Å²) in [5.74, 6) is -1.52. The highest BCUT2D eigenvalue weighted by atomic mass is 35.5. The topological polar surface area (TPSA) is 177 Å². The van der Waals surface area contributed by atoms with Crippen LogP contribution in [0.15, 0.2) is 4.40 Å². The van der Waals surface area contributed by atoms with Gasteiger partial charge in [-0.1, -0.05) is 18.5 Å². The molecule has 13 heteroatoms. The molecule has 1 heterocycles. The fraction of sp³-hybridized carbons (Fsp3) is 0.500. The summed E-state index contributed by atoms with van der Waals surface area (Å²) in [6.45, 7) is 5.68. The first-order valence-corrected chi connectivity index (χ1v) is 9.13. The monoisotopic (exact) mass is 392 g/mol. The van der Waals surface area contributed by atoms with E-state index in [1.54, 1.807) is 6.92 Å². The standard InChI is InChI=1S/C12H21ClN8O3S/c1-4-5-16-25(23,24)21-12(15)20-11(22)7-9(14)19-10(8(13)18-7)17-6(2)3/h6,16H,4-5H2,1-3H3,(H3,14,17,19)(H3,15,20,21,22). The Labute approximate surface area is 150 Å². The third-order valence-corrected chi connectivity index (χ3v) is 3.78. The van der Waals surface area contributed by atoms with E-state index in [1.165, 1.54) is 0 Å². The first-order valence-electron chi connectivity index (χ1n) is 7.31. The Bertz CT molecular complexity index is 766. The number of nitrogen functional groups attached to an aromatic ring is 1. The van der Waals surface area contributed by atoms with Crippen molar-refractivity contribution in [3.05, 3.63) is 10.8 Å². The zero-order valence-electron chi connectivity index (χ0n) is 14.0. The first-order chi connectivity index (χ1) is 11.6. The van der Waals surface area contributed by atoms with Gasteiger partial charge in [0.05, 0.1) is 0 Å². The summed E-state index contributed by atoms with van der Waals surface area (Å²) in [5, 5.41) is 4.91. The third-order valence-electron chi connectivity index (χ3n) is 2.52. The molecule has 0 saturated carbocycles. The van der Waals surface area contributed by atoms with Gasteiger partial charge in [-0.15, -0.1) is 4.40 Å². The number of nitrogens with zero attached hydrogens (tertiary/aromatic N) is 3. The van der Waals surface area contributed by atoms with Gasteiger partial charge in [0.1, 0.15) is 0 Å². The van der Waals surface area contributed by atoms with E-state index in [1.807, 2.05) is 13.8 Å². The number of aromatic nitrogens is 2. The lowest BCUT2D eigenvalue weighted by atomic mass is 10.3. The minimum atomic E-state index is -4.01. The Kier molecular flexibility index (Phi) is 7.33. The average molecular weight is 393 g/mol. The minimum absolute atomic E-state index is 0.0227. The van der Waals surface area contributed by atoms with E-state index < -0.39 is 22.1 Å². The summed E-state index contributed by atoms with van der Waals surface area (Å²) in [6.07, 6.45) is 0.572. The summed E-state index contributed by atoms with van der Waals surface area (Å²) in [5.41, 5.74) is 10.8. The zero-order chi connectivity index (χ0) is 19.2. The number of anilines is 2. The zero-order valence-corrected chi connectivity index (χ0v) is 15.6. The minimum Gasteiger partial charge on any atom is -0.382 e. The maximum Gasteiger partial charge on any atom is 0.323 e. The van der Waals surface area contributed by atoms with Crippen LogP contribution in [0.5, 0.6) is 0 Å². The number of nitrogens with two attached hydrogens (primary N) is 2. The molecule has 0 aliphatic rings. The van der Waals surface area contributed by atoms with Crippen LogP contribution in [-0.4, -0.2) is 42.8 Å². The van der Waals surface area contributed by atoms with E-state index in [0.29, 0.717) is 6.42 Å². The van der Waals surface area contributed by atoms with Gasteiger partial charge in [0.2, 0.25) is 5.96 Å². The van der Waals surface area contributed by atoms with E-state index in [9.17, 15) is 13.2 Å². The van der Waals surface area contributed by atoms with Gasteiger partial charge in [0.25, 0.3) is 5.91 Å². The molecule has 0 aliphatic heterocycles. The molecule has 0 unspecified atom stereocenters. The molecule has 0 bridgehead atoms. The van der Waals surface area contributed by atoms with E-state index in [2.05, 4.69) is 29.7 Å². The number of halogens is 1. The van der Waals surface area contributed by atoms with Crippen molar-refractivity contribution in [2.45, 2.75) is 33.2 Å². The van der Waals surface area contributed by atoms with Crippen LogP contribution in [-0.2, 0) is 10.2 Å². The van der Waals surface area contributed by atoms with Crippen molar-refractivity contribution in [3.63, 3.8) is 0 Å². The van der Waals surface area contributed by atoms with Crippen molar-refractivity contribution in [3.8, 4) is 0 Å². The predicted octanol–water partition coefficient (Wildman–Crippen LogP) is -0.179. The van der Waals surface area contributed by atoms with Gasteiger partial charge in [-0.25, -0.2) is 9.97 Å². The second-order valence-corrected chi connectivity index (χ2v) is 6.98. The van der Waals surface area contributed by atoms with Crippen LogP contribution in [0, 0.1) is 0 Å². The molecular weight excluding hydrogens is 372 g/mol. The fourth-order valence-corrected chi connectivity index (χ4v) is 2.56. The largest absolute Gasteiger partial charge is 0.382 e. The normalized spacial score (nSPS) is 12.3. The maximum atomic E-state index is 12.1. The SMILES string of the molecule is CCCNS(=O)(=O)N=C(N)NC(=O)c1nc(Cl)c(NC(C)C)nc1N. The second kappa shape index (κ2) is 8.78. The molecule has 0 fully saturated rings. The highest BCUT2D eigenvalue weighted by Crippen LogP contribution is 2.21. The van der Waals surface area contributed by atoms with Crippen molar-refractivity contribution >= 4 is 45.3 Å². The highest BCUT2D eigenvalue weighted by molar-refractivity contribution is 7.88. The van der Waals surface area contributed by atoms with E-state index in [4.69, 9.17) is 23.1 Å². The molecule has 0 spiro atoms. The predicted molar refractivity (Wildman–Crippen MR) is 96.5 cm³/mol. The quantitative estimate of drug-likeness (QED) is 0.313. The lowest BCUT2D eigenvalue weighted by Gasteiger charge is -2.12. The number of hydrogen-bond donors (Lipinski definition) is 5. The van der Waals surface area contributed by atoms with Crippen LogP contribution >= 0.6 is 11.6 Å². The van der Waals surface area contributed by atoms with Crippen molar-refractivity contribution in [1.29, 1.82) is 0 Å². The molecule has 0 radical (unpaired) electrons. The number of amides is 1. The summed E-state index contributed by atoms with van der Waals surface area (Å²) in [4.78, 5) is 19.9. The van der Waals surface area contributed by atoms with Crippen LogP contribution in [0.3, 0.4) is 0 Å². The number of carbonyl (C=O) groups excluding carboxylic acids is 1. The van der Waals surface area contributed by atoms with E-state index >= 15 is 0 Å². The van der Waals surface area contributed by atoms with Crippen LogP contribution in [0.1, 0.15) is 37.7 Å². The van der Waals surface area contributed by atoms with Crippen molar-refractivity contribution in [2.24, 2.45) is 10.1 Å². The number of guanidine groups is 1. The van der Waals surface area contributed by atoms with Gasteiger partial charge in [-0.3, -0.25) is 10.1 Å². The lowest BCUT2D eigenvalue weighted by Crippen LogP contribution is -2.39. The summed E-state index contributed by atoms with van der Waals surface area (Å²) < 4.78 is 28.5. The van der Waals surface area contributed by atoms with E-state index in [-0.39, 0.29) is 35.1 Å². The van der Waals surface area contributed by atoms with Crippen molar-refractivity contribution in [1.82, 2.24) is 20.0 Å². The van der Waals surface area contributed by atoms with Gasteiger partial charge < -0.3 is 16.8 Å². The Morgan fingerprint density at radius 3 is 2.56 bits per heavy atom. The van der Waals surface area contributed by atoms with Crippen LogP contribution in [0.4, 0.5) is 11.6 Å². The van der Waals surface area contributed by atoms with Crippen molar-refractivity contribution < 1.29 is 13.2 Å². The van der Waals surface area contributed by atoms with Gasteiger partial charge in [0, 0.05) is 12.6 Å². The molecule has 11 nitrogen and oxygen atoms in total. The molecule has 0 aromatic carbocycles. The van der Waals surface area contributed by atoms with Gasteiger partial charge in [-0.2, -0.15) is 13.1 Å². The third kappa shape index (κ3) is 6.68. The van der Waals surface area contributed by atoms with Crippen LogP contribution in [0.2, 0.25) is 5.15 Å². The maximum absolute atomic E-state index is 12.1. The summed E-state index contributed by atoms with van der Waals surface area (Å²) >= 11 is 5.95. The Morgan fingerprint density at radius 2 is 2.00 bits per heavy atom. The molecular formula is C12H21ClN8O3S. The lowest BCUT2D eigenvalue weighted by molar-refractivity contribution is 0.0972. The number of nitrogens with one attached hydrogen (secondary N) is 3. The average Bonchev–Trinajstić information content (AvgIpc) is 2.47. The highest BCUT2D eigenvalue weighted by Gasteiger charge is 2.19. The second-order valence-electron chi connectivity index (χ2n) is 5.20. The Hall–Kier alpha value is -2.18. The van der Waals surface area contributed by atoms with Crippen LogP contribution in [0.25, 0.3) is 0 Å². The molecule has 140 valence electrons. The fourth-order valence-electron chi connectivity index (χ4n) is 1.55. The van der Waals surface area contributed by atoms with Gasteiger partial charge in [-0.05, 0) is 20.3 Å². The molecule has 7 N–H and O–H groups in total. The van der Waals surface area contributed by atoms with Crippen LogP contribution < -0.4 is 26.8 Å². The molecule has 1 amide bonds. The van der Waals surface area contributed by atoms with Gasteiger partial charge >= 0.3 is 10.2 Å². The molecule has 1 aromatic rings. The smallest absolute Gasteiger partial charge is 0.323 e. The molecule has 1 aromatic heterocycles. The Balaban J connectivity index is 2.95.